The van der Waals surface area contributed by atoms with Crippen LogP contribution in [0.1, 0.15) is 42.7 Å². The topological polar surface area (TPSA) is 98.7 Å². The van der Waals surface area contributed by atoms with Crippen LogP contribution >= 0.6 is 23.2 Å². The Kier molecular flexibility index (Phi) is 7.07. The average Bonchev–Trinajstić information content (AvgIpc) is 2.71. The Labute approximate surface area is 203 Å². The minimum Gasteiger partial charge on any atom is -0.505 e. The molecule has 3 rings (SSSR count). The van der Waals surface area contributed by atoms with Crippen LogP contribution in [0.5, 0.6) is 5.75 Å². The van der Waals surface area contributed by atoms with E-state index in [9.17, 15) is 19.5 Å². The SMILES string of the molecule is CN(C)C(=O)c1cccc(NC2C(=O)C(=O)C2NC(c2cc(Cl)cc(Cl)c2)C(C)(C)C)c1O. The zero-order chi connectivity index (χ0) is 24.7. The normalized spacial score (nSPS) is 19.1. The van der Waals surface area contributed by atoms with E-state index >= 15 is 0 Å². The summed E-state index contributed by atoms with van der Waals surface area (Å²) in [5, 5.41) is 17.8. The zero-order valence-electron chi connectivity index (χ0n) is 19.1. The van der Waals surface area contributed by atoms with E-state index in [-0.39, 0.29) is 34.4 Å². The zero-order valence-corrected chi connectivity index (χ0v) is 20.6. The number of anilines is 1. The highest BCUT2D eigenvalue weighted by Crippen LogP contribution is 2.37. The second kappa shape index (κ2) is 9.33. The van der Waals surface area contributed by atoms with Gasteiger partial charge in [-0.05, 0) is 41.3 Å². The van der Waals surface area contributed by atoms with Crippen molar-refractivity contribution in [2.24, 2.45) is 5.41 Å². The van der Waals surface area contributed by atoms with Gasteiger partial charge in [0.05, 0.1) is 11.3 Å². The third kappa shape index (κ3) is 5.16. The largest absolute Gasteiger partial charge is 0.505 e. The lowest BCUT2D eigenvalue weighted by Crippen LogP contribution is -2.68. The number of benzene rings is 2. The van der Waals surface area contributed by atoms with Gasteiger partial charge in [0, 0.05) is 30.2 Å². The summed E-state index contributed by atoms with van der Waals surface area (Å²) in [5.74, 6) is -1.83. The van der Waals surface area contributed by atoms with Crippen molar-refractivity contribution in [3.8, 4) is 5.75 Å². The van der Waals surface area contributed by atoms with Crippen LogP contribution in [-0.4, -0.2) is 53.7 Å². The Morgan fingerprint density at radius 3 is 2.15 bits per heavy atom. The van der Waals surface area contributed by atoms with Gasteiger partial charge in [0.15, 0.2) is 5.75 Å². The lowest BCUT2D eigenvalue weighted by molar-refractivity contribution is -0.146. The fourth-order valence-corrected chi connectivity index (χ4v) is 4.39. The lowest BCUT2D eigenvalue weighted by Gasteiger charge is -2.41. The molecule has 3 N–H and O–H groups in total. The summed E-state index contributed by atoms with van der Waals surface area (Å²) in [6.45, 7) is 5.99. The van der Waals surface area contributed by atoms with Gasteiger partial charge in [-0.15, -0.1) is 0 Å². The molecule has 1 aliphatic rings. The molecule has 176 valence electrons. The third-order valence-electron chi connectivity index (χ3n) is 5.56. The molecule has 0 spiro atoms. The lowest BCUT2D eigenvalue weighted by atomic mass is 9.77. The first-order chi connectivity index (χ1) is 15.3. The van der Waals surface area contributed by atoms with Crippen molar-refractivity contribution < 1.29 is 19.5 Å². The minimum atomic E-state index is -0.910. The summed E-state index contributed by atoms with van der Waals surface area (Å²) in [7, 11) is 3.15. The first-order valence-electron chi connectivity index (χ1n) is 10.4. The van der Waals surface area contributed by atoms with Crippen LogP contribution in [0.15, 0.2) is 36.4 Å². The Hall–Kier alpha value is -2.61. The maximum atomic E-state index is 12.5. The highest BCUT2D eigenvalue weighted by Gasteiger charge is 2.51. The van der Waals surface area contributed by atoms with Gasteiger partial charge in [0.1, 0.15) is 12.1 Å². The molecule has 0 heterocycles. The van der Waals surface area contributed by atoms with Crippen LogP contribution < -0.4 is 10.6 Å². The van der Waals surface area contributed by atoms with Crippen LogP contribution in [0.4, 0.5) is 5.69 Å². The van der Waals surface area contributed by atoms with E-state index < -0.39 is 23.7 Å². The molecule has 0 saturated heterocycles. The second-order valence-electron chi connectivity index (χ2n) is 9.40. The van der Waals surface area contributed by atoms with E-state index in [0.717, 1.165) is 5.56 Å². The Morgan fingerprint density at radius 2 is 1.61 bits per heavy atom. The maximum Gasteiger partial charge on any atom is 0.257 e. The van der Waals surface area contributed by atoms with Gasteiger partial charge in [-0.1, -0.05) is 50.0 Å². The molecule has 3 atom stereocenters. The predicted octanol–water partition coefficient (Wildman–Crippen LogP) is 4.08. The minimum absolute atomic E-state index is 0.0914. The fraction of sp³-hybridized carbons (Fsp3) is 0.375. The molecular weight excluding hydrogens is 465 g/mol. The van der Waals surface area contributed by atoms with Crippen LogP contribution in [0.3, 0.4) is 0 Å². The number of hydrogen-bond donors (Lipinski definition) is 3. The van der Waals surface area contributed by atoms with Gasteiger partial charge >= 0.3 is 0 Å². The molecule has 0 radical (unpaired) electrons. The number of ketones is 2. The molecule has 33 heavy (non-hydrogen) atoms. The number of phenols is 1. The van der Waals surface area contributed by atoms with Gasteiger partial charge in [-0.2, -0.15) is 0 Å². The van der Waals surface area contributed by atoms with Crippen LogP contribution in [0.2, 0.25) is 10.0 Å². The van der Waals surface area contributed by atoms with Gasteiger partial charge in [-0.25, -0.2) is 0 Å². The number of Topliss-reactive ketones (excluding diaryl/α,β-unsaturated/α-hetero) is 2. The van der Waals surface area contributed by atoms with E-state index in [1.165, 1.54) is 11.0 Å². The predicted molar refractivity (Wildman–Crippen MR) is 129 cm³/mol. The summed E-state index contributed by atoms with van der Waals surface area (Å²) in [4.78, 5) is 38.6. The quantitative estimate of drug-likeness (QED) is 0.415. The molecule has 0 aromatic heterocycles. The first-order valence-corrected chi connectivity index (χ1v) is 11.2. The van der Waals surface area contributed by atoms with E-state index in [2.05, 4.69) is 10.6 Å². The van der Waals surface area contributed by atoms with Gasteiger partial charge in [0.2, 0.25) is 11.6 Å². The number of carbonyl (C=O) groups excluding carboxylic acids is 3. The average molecular weight is 492 g/mol. The Balaban J connectivity index is 1.89. The number of nitrogens with zero attached hydrogens (tertiary/aromatic N) is 1. The van der Waals surface area contributed by atoms with Gasteiger partial charge < -0.3 is 15.3 Å². The van der Waals surface area contributed by atoms with Gasteiger partial charge in [-0.3, -0.25) is 19.7 Å². The molecule has 2 aromatic rings. The number of halogens is 2. The molecule has 2 aromatic carbocycles. The van der Waals surface area contributed by atoms with Gasteiger partial charge in [0.25, 0.3) is 5.91 Å². The molecule has 1 saturated carbocycles. The molecule has 9 heteroatoms. The summed E-state index contributed by atoms with van der Waals surface area (Å²) in [6, 6.07) is 7.70. The molecule has 1 fully saturated rings. The monoisotopic (exact) mass is 491 g/mol. The summed E-state index contributed by atoms with van der Waals surface area (Å²) in [6.07, 6.45) is 0. The molecule has 1 aliphatic carbocycles. The van der Waals surface area contributed by atoms with Crippen molar-refractivity contribution in [3.05, 3.63) is 57.6 Å². The molecular formula is C24H27Cl2N3O4. The van der Waals surface area contributed by atoms with E-state index in [0.29, 0.717) is 10.0 Å². The fourth-order valence-electron chi connectivity index (χ4n) is 3.84. The molecule has 0 bridgehead atoms. The van der Waals surface area contributed by atoms with E-state index in [4.69, 9.17) is 23.2 Å². The number of hydrogen-bond acceptors (Lipinski definition) is 6. The van der Waals surface area contributed by atoms with Crippen LogP contribution in [-0.2, 0) is 9.59 Å². The molecule has 1 amide bonds. The van der Waals surface area contributed by atoms with Crippen molar-refractivity contribution in [2.75, 3.05) is 19.4 Å². The van der Waals surface area contributed by atoms with Crippen molar-refractivity contribution in [2.45, 2.75) is 38.9 Å². The maximum absolute atomic E-state index is 12.5. The number of nitrogens with one attached hydrogen (secondary N) is 2. The summed E-state index contributed by atoms with van der Waals surface area (Å²) in [5.41, 5.74) is 0.719. The van der Waals surface area contributed by atoms with Crippen molar-refractivity contribution >= 4 is 46.4 Å². The summed E-state index contributed by atoms with van der Waals surface area (Å²) < 4.78 is 0. The van der Waals surface area contributed by atoms with E-state index in [1.807, 2.05) is 20.8 Å². The van der Waals surface area contributed by atoms with Crippen LogP contribution in [0, 0.1) is 5.41 Å². The van der Waals surface area contributed by atoms with Crippen LogP contribution in [0.25, 0.3) is 0 Å². The highest BCUT2D eigenvalue weighted by molar-refractivity contribution is 6.49. The smallest absolute Gasteiger partial charge is 0.257 e. The third-order valence-corrected chi connectivity index (χ3v) is 5.99. The molecule has 3 unspecified atom stereocenters. The highest BCUT2D eigenvalue weighted by atomic mass is 35.5. The standard InChI is InChI=1S/C24H27Cl2N3O4/c1-24(2,3)22(12-9-13(25)11-14(26)10-12)28-18-17(20(31)21(18)32)27-16-8-6-7-15(19(16)30)23(33)29(4)5/h6-11,17-18,22,27-28,30H,1-5H3. The first kappa shape index (κ1) is 25.0. The van der Waals surface area contributed by atoms with Crippen molar-refractivity contribution in [1.82, 2.24) is 10.2 Å². The van der Waals surface area contributed by atoms with Crippen molar-refractivity contribution in [1.29, 1.82) is 0 Å². The molecule has 7 nitrogen and oxygen atoms in total. The number of rotatable bonds is 6. The summed E-state index contributed by atoms with van der Waals surface area (Å²) >= 11 is 12.4. The number of carbonyl (C=O) groups is 3. The Morgan fingerprint density at radius 1 is 1.03 bits per heavy atom. The van der Waals surface area contributed by atoms with Crippen molar-refractivity contribution in [3.63, 3.8) is 0 Å². The Bertz CT molecular complexity index is 1090. The molecule has 0 aliphatic heterocycles. The number of aromatic hydroxyl groups is 1. The number of para-hydroxylation sites is 1. The number of phenolic OH excluding ortho intramolecular Hbond substituents is 1. The second-order valence-corrected chi connectivity index (χ2v) is 10.3. The number of amides is 1. The van der Waals surface area contributed by atoms with E-state index in [1.54, 1.807) is 44.4 Å².